The van der Waals surface area contributed by atoms with Crippen LogP contribution in [-0.4, -0.2) is 51.2 Å². The molecular formula is C18H22N2O3S. The Bertz CT molecular complexity index is 806. The molecule has 0 saturated carbocycles. The molecule has 0 aliphatic carbocycles. The average molecular weight is 346 g/mol. The number of rotatable bonds is 2. The van der Waals surface area contributed by atoms with E-state index in [2.05, 4.69) is 4.98 Å². The van der Waals surface area contributed by atoms with Gasteiger partial charge in [0.25, 0.3) is 5.91 Å². The zero-order chi connectivity index (χ0) is 17.3. The van der Waals surface area contributed by atoms with Crippen LogP contribution in [-0.2, 0) is 10.8 Å². The van der Waals surface area contributed by atoms with Crippen molar-refractivity contribution in [2.75, 3.05) is 26.0 Å². The first-order chi connectivity index (χ1) is 11.5. The molecule has 0 radical (unpaired) electrons. The maximum absolute atomic E-state index is 12.9. The second-order valence-electron chi connectivity index (χ2n) is 6.16. The molecule has 2 heterocycles. The fraction of sp³-hybridized carbons (Fsp3) is 0.444. The Kier molecular flexibility index (Phi) is 4.85. The fourth-order valence-corrected chi connectivity index (χ4v) is 4.11. The van der Waals surface area contributed by atoms with Crippen LogP contribution in [0.5, 0.6) is 5.75 Å². The highest BCUT2D eigenvalue weighted by molar-refractivity contribution is 7.85. The lowest BCUT2D eigenvalue weighted by Crippen LogP contribution is -2.34. The molecule has 1 amide bonds. The molecule has 0 bridgehead atoms. The molecular weight excluding hydrogens is 324 g/mol. The number of ether oxygens (including phenoxy) is 1. The smallest absolute Gasteiger partial charge is 0.255 e. The Labute approximate surface area is 144 Å². The first kappa shape index (κ1) is 16.9. The van der Waals surface area contributed by atoms with E-state index in [1.54, 1.807) is 12.0 Å². The van der Waals surface area contributed by atoms with Crippen molar-refractivity contribution in [3.05, 3.63) is 35.5 Å². The van der Waals surface area contributed by atoms with Crippen molar-refractivity contribution in [1.82, 2.24) is 9.88 Å². The van der Waals surface area contributed by atoms with E-state index in [1.807, 2.05) is 38.1 Å². The minimum Gasteiger partial charge on any atom is -0.497 e. The second-order valence-corrected chi connectivity index (χ2v) is 8.13. The molecule has 0 N–H and O–H groups in total. The summed E-state index contributed by atoms with van der Waals surface area (Å²) in [6, 6.07) is 7.54. The molecule has 24 heavy (non-hydrogen) atoms. The molecule has 1 aliphatic heterocycles. The van der Waals surface area contributed by atoms with Gasteiger partial charge in [0, 0.05) is 46.3 Å². The zero-order valence-electron chi connectivity index (χ0n) is 14.2. The van der Waals surface area contributed by atoms with Gasteiger partial charge in [-0.15, -0.1) is 0 Å². The predicted molar refractivity (Wildman–Crippen MR) is 96.0 cm³/mol. The fourth-order valence-electron chi connectivity index (χ4n) is 2.94. The summed E-state index contributed by atoms with van der Waals surface area (Å²) in [5.74, 6) is 1.27. The van der Waals surface area contributed by atoms with E-state index < -0.39 is 10.8 Å². The number of carbonyl (C=O) groups is 1. The number of pyridine rings is 1. The lowest BCUT2D eigenvalue weighted by Gasteiger charge is -2.21. The summed E-state index contributed by atoms with van der Waals surface area (Å²) < 4.78 is 17.2. The Morgan fingerprint density at radius 1 is 1.33 bits per heavy atom. The minimum absolute atomic E-state index is 0.0242. The number of hydrogen-bond donors (Lipinski definition) is 0. The van der Waals surface area contributed by atoms with Crippen molar-refractivity contribution in [2.24, 2.45) is 0 Å². The summed E-state index contributed by atoms with van der Waals surface area (Å²) in [4.78, 5) is 19.3. The van der Waals surface area contributed by atoms with Crippen LogP contribution in [0.15, 0.2) is 24.3 Å². The van der Waals surface area contributed by atoms with Crippen molar-refractivity contribution in [3.63, 3.8) is 0 Å². The minimum atomic E-state index is -0.851. The number of benzene rings is 1. The Balaban J connectivity index is 1.92. The number of carbonyl (C=O) groups excluding carboxylic acids is 1. The SMILES string of the molecule is COc1ccc2cc(C(=O)N3CC[C@@H](C)[S@](=O)CC3)c(C)nc2c1. The molecule has 1 aliphatic rings. The van der Waals surface area contributed by atoms with Gasteiger partial charge in [0.15, 0.2) is 0 Å². The van der Waals surface area contributed by atoms with Gasteiger partial charge in [0.2, 0.25) is 0 Å². The van der Waals surface area contributed by atoms with Gasteiger partial charge in [-0.2, -0.15) is 0 Å². The summed E-state index contributed by atoms with van der Waals surface area (Å²) in [5.41, 5.74) is 2.14. The largest absolute Gasteiger partial charge is 0.497 e. The van der Waals surface area contributed by atoms with Crippen molar-refractivity contribution in [3.8, 4) is 5.75 Å². The molecule has 0 unspecified atom stereocenters. The Hall–Kier alpha value is -1.95. The molecule has 1 aromatic carbocycles. The number of methoxy groups -OCH3 is 1. The number of fused-ring (bicyclic) bond motifs is 1. The molecule has 0 spiro atoms. The van der Waals surface area contributed by atoms with Gasteiger partial charge < -0.3 is 9.64 Å². The van der Waals surface area contributed by atoms with Gasteiger partial charge in [-0.1, -0.05) is 6.92 Å². The highest BCUT2D eigenvalue weighted by atomic mass is 32.2. The van der Waals surface area contributed by atoms with E-state index in [0.29, 0.717) is 30.1 Å². The standard InChI is InChI=1S/C18H22N2O3S/c1-12-6-7-20(8-9-24(12)22)18(21)16-10-14-4-5-15(23-3)11-17(14)19-13(16)2/h4-5,10-12H,6-9H2,1-3H3/t12-,24-/m1/s1. The molecule has 5 nitrogen and oxygen atoms in total. The molecule has 128 valence electrons. The molecule has 2 atom stereocenters. The van der Waals surface area contributed by atoms with Gasteiger partial charge in [-0.25, -0.2) is 0 Å². The summed E-state index contributed by atoms with van der Waals surface area (Å²) in [6.07, 6.45) is 0.773. The quantitative estimate of drug-likeness (QED) is 0.838. The highest BCUT2D eigenvalue weighted by Crippen LogP contribution is 2.23. The summed E-state index contributed by atoms with van der Waals surface area (Å²) in [5, 5.41) is 1.06. The average Bonchev–Trinajstić information content (AvgIpc) is 2.75. The topological polar surface area (TPSA) is 59.5 Å². The maximum atomic E-state index is 12.9. The Morgan fingerprint density at radius 3 is 2.88 bits per heavy atom. The summed E-state index contributed by atoms with van der Waals surface area (Å²) >= 11 is 0. The highest BCUT2D eigenvalue weighted by Gasteiger charge is 2.24. The molecule has 6 heteroatoms. The van der Waals surface area contributed by atoms with Crippen LogP contribution in [0.2, 0.25) is 0 Å². The monoisotopic (exact) mass is 346 g/mol. The number of hydrogen-bond acceptors (Lipinski definition) is 4. The first-order valence-corrected chi connectivity index (χ1v) is 9.49. The van der Waals surface area contributed by atoms with E-state index in [9.17, 15) is 9.00 Å². The maximum Gasteiger partial charge on any atom is 0.255 e. The van der Waals surface area contributed by atoms with E-state index in [-0.39, 0.29) is 11.2 Å². The molecule has 1 aromatic heterocycles. The van der Waals surface area contributed by atoms with Crippen LogP contribution in [0.4, 0.5) is 0 Å². The van der Waals surface area contributed by atoms with Gasteiger partial charge in [-0.3, -0.25) is 14.0 Å². The van der Waals surface area contributed by atoms with E-state index in [4.69, 9.17) is 4.74 Å². The van der Waals surface area contributed by atoms with Crippen LogP contribution >= 0.6 is 0 Å². The molecule has 2 aromatic rings. The van der Waals surface area contributed by atoms with E-state index in [0.717, 1.165) is 23.1 Å². The zero-order valence-corrected chi connectivity index (χ0v) is 15.1. The lowest BCUT2D eigenvalue weighted by molar-refractivity contribution is 0.0766. The third-order valence-electron chi connectivity index (χ3n) is 4.55. The number of aromatic nitrogens is 1. The van der Waals surface area contributed by atoms with Crippen molar-refractivity contribution < 1.29 is 13.7 Å². The van der Waals surface area contributed by atoms with Crippen LogP contribution < -0.4 is 4.74 Å². The van der Waals surface area contributed by atoms with Crippen LogP contribution in [0.25, 0.3) is 10.9 Å². The second kappa shape index (κ2) is 6.89. The van der Waals surface area contributed by atoms with Crippen molar-refractivity contribution in [1.29, 1.82) is 0 Å². The van der Waals surface area contributed by atoms with Crippen LogP contribution in [0.1, 0.15) is 29.4 Å². The van der Waals surface area contributed by atoms with Gasteiger partial charge in [0.1, 0.15) is 5.75 Å². The Morgan fingerprint density at radius 2 is 2.12 bits per heavy atom. The van der Waals surface area contributed by atoms with Crippen LogP contribution in [0.3, 0.4) is 0 Å². The molecule has 1 fully saturated rings. The summed E-state index contributed by atoms with van der Waals surface area (Å²) in [7, 11) is 0.770. The predicted octanol–water partition coefficient (Wildman–Crippen LogP) is 2.53. The van der Waals surface area contributed by atoms with Crippen LogP contribution in [0, 0.1) is 6.92 Å². The van der Waals surface area contributed by atoms with E-state index in [1.165, 1.54) is 0 Å². The van der Waals surface area contributed by atoms with Gasteiger partial charge >= 0.3 is 0 Å². The van der Waals surface area contributed by atoms with Crippen molar-refractivity contribution in [2.45, 2.75) is 25.5 Å². The van der Waals surface area contributed by atoms with Crippen molar-refractivity contribution >= 4 is 27.6 Å². The lowest BCUT2D eigenvalue weighted by atomic mass is 10.1. The number of amides is 1. The number of nitrogens with zero attached hydrogens (tertiary/aromatic N) is 2. The first-order valence-electron chi connectivity index (χ1n) is 8.11. The normalized spacial score (nSPS) is 21.5. The third-order valence-corrected chi connectivity index (χ3v) is 6.27. The van der Waals surface area contributed by atoms with Gasteiger partial charge in [0.05, 0.1) is 23.9 Å². The summed E-state index contributed by atoms with van der Waals surface area (Å²) in [6.45, 7) is 5.02. The third kappa shape index (κ3) is 3.29. The molecule has 1 saturated heterocycles. The van der Waals surface area contributed by atoms with E-state index >= 15 is 0 Å². The molecule has 3 rings (SSSR count). The van der Waals surface area contributed by atoms with Gasteiger partial charge in [-0.05, 0) is 31.5 Å². The number of aryl methyl sites for hydroxylation is 1.